The van der Waals surface area contributed by atoms with Crippen molar-refractivity contribution < 1.29 is 19.2 Å². The Morgan fingerprint density at radius 2 is 2.06 bits per heavy atom. The van der Waals surface area contributed by atoms with Crippen LogP contribution in [0.15, 0.2) is 24.3 Å². The number of likely N-dealkylation sites (N-methyl/N-ethyl adjacent to an activating group) is 1. The number of hydrogen-bond donors (Lipinski definition) is 3. The van der Waals surface area contributed by atoms with Gasteiger partial charge in [-0.2, -0.15) is 12.6 Å². The minimum Gasteiger partial charge on any atom is -0.459 e. The second-order valence-corrected chi connectivity index (χ2v) is 8.92. The minimum atomic E-state index is -1.65. The highest BCUT2D eigenvalue weighted by molar-refractivity contribution is 7.81. The summed E-state index contributed by atoms with van der Waals surface area (Å²) in [7, 11) is 1.90. The van der Waals surface area contributed by atoms with Gasteiger partial charge in [0.05, 0.1) is 11.0 Å². The summed E-state index contributed by atoms with van der Waals surface area (Å²) in [4.78, 5) is 39.5. The molecule has 3 rings (SSSR count). The second-order valence-electron chi connectivity index (χ2n) is 8.19. The summed E-state index contributed by atoms with van der Waals surface area (Å²) in [5, 5.41) is 18.6. The first-order valence-electron chi connectivity index (χ1n) is 10.0. The maximum absolute atomic E-state index is 12.9. The van der Waals surface area contributed by atoms with Crippen LogP contribution in [0.4, 0.5) is 5.69 Å². The van der Waals surface area contributed by atoms with Gasteiger partial charge in [0.2, 0.25) is 5.91 Å². The summed E-state index contributed by atoms with van der Waals surface area (Å²) < 4.78 is 5.32. The van der Waals surface area contributed by atoms with E-state index in [-0.39, 0.29) is 36.0 Å². The normalized spacial score (nSPS) is 25.8. The van der Waals surface area contributed by atoms with Crippen molar-refractivity contribution >= 4 is 36.4 Å². The largest absolute Gasteiger partial charge is 0.459 e. The molecule has 0 bridgehead atoms. The summed E-state index contributed by atoms with van der Waals surface area (Å²) >= 11 is 4.47. The predicted octanol–water partition coefficient (Wildman–Crippen LogP) is 0.836. The van der Waals surface area contributed by atoms with E-state index in [1.807, 2.05) is 11.9 Å². The van der Waals surface area contributed by atoms with Crippen LogP contribution < -0.4 is 5.73 Å². The van der Waals surface area contributed by atoms with Crippen LogP contribution in [0.1, 0.15) is 18.4 Å². The fourth-order valence-electron chi connectivity index (χ4n) is 4.15. The standard InChI is InChI=1S/C20H27N5O5S/c1-23-10-16(31)8-17(23)18(26)24-7-6-14(9-24)20(22,12-21)19(27)30-11-13-2-4-15(5-3-13)25(28)29/h2-5,12,14,16-17,21,31H,6-11,22H2,1H3/t14-,16+,17+,20?/m1/s1. The van der Waals surface area contributed by atoms with E-state index in [2.05, 4.69) is 12.6 Å². The van der Waals surface area contributed by atoms with Crippen molar-refractivity contribution in [2.45, 2.75) is 36.3 Å². The smallest absolute Gasteiger partial charge is 0.332 e. The number of ether oxygens (including phenoxy) is 1. The van der Waals surface area contributed by atoms with Crippen LogP contribution in [-0.2, 0) is 20.9 Å². The van der Waals surface area contributed by atoms with E-state index < -0.39 is 22.3 Å². The quantitative estimate of drug-likeness (QED) is 0.184. The molecule has 11 heteroatoms. The average Bonchev–Trinajstić information content (AvgIpc) is 3.38. The summed E-state index contributed by atoms with van der Waals surface area (Å²) in [6.07, 6.45) is 2.05. The molecule has 1 aromatic carbocycles. The zero-order valence-corrected chi connectivity index (χ0v) is 18.2. The first kappa shape index (κ1) is 23.2. The van der Waals surface area contributed by atoms with Gasteiger partial charge in [0.15, 0.2) is 5.54 Å². The van der Waals surface area contributed by atoms with Crippen molar-refractivity contribution in [3.05, 3.63) is 39.9 Å². The number of nitrogens with two attached hydrogens (primary N) is 1. The number of non-ortho nitro benzene ring substituents is 1. The number of nitrogens with zero attached hydrogens (tertiary/aromatic N) is 3. The molecule has 2 fully saturated rings. The van der Waals surface area contributed by atoms with Crippen molar-refractivity contribution in [3.63, 3.8) is 0 Å². The molecule has 4 atom stereocenters. The molecule has 2 aliphatic rings. The number of nitro benzene ring substituents is 1. The maximum Gasteiger partial charge on any atom is 0.332 e. The van der Waals surface area contributed by atoms with E-state index in [0.29, 0.717) is 24.9 Å². The molecule has 2 aliphatic heterocycles. The molecule has 0 spiro atoms. The number of nitrogens with one attached hydrogen (secondary N) is 1. The van der Waals surface area contributed by atoms with Crippen molar-refractivity contribution in [1.29, 1.82) is 5.41 Å². The molecule has 10 nitrogen and oxygen atoms in total. The van der Waals surface area contributed by atoms with E-state index >= 15 is 0 Å². The Kier molecular flexibility index (Phi) is 6.97. The molecule has 0 radical (unpaired) electrons. The van der Waals surface area contributed by atoms with Gasteiger partial charge in [0.1, 0.15) is 6.61 Å². The molecular weight excluding hydrogens is 422 g/mol. The number of thiol groups is 1. The van der Waals surface area contributed by atoms with E-state index in [4.69, 9.17) is 15.9 Å². The highest BCUT2D eigenvalue weighted by Gasteiger charge is 2.47. The van der Waals surface area contributed by atoms with Crippen LogP contribution in [0, 0.1) is 21.4 Å². The molecule has 2 saturated heterocycles. The van der Waals surface area contributed by atoms with Crippen LogP contribution in [-0.4, -0.2) is 76.3 Å². The lowest BCUT2D eigenvalue weighted by atomic mass is 9.85. The topological polar surface area (TPSA) is 143 Å². The van der Waals surface area contributed by atoms with Gasteiger partial charge in [0, 0.05) is 49.1 Å². The Hall–Kier alpha value is -2.50. The van der Waals surface area contributed by atoms with E-state index in [9.17, 15) is 19.7 Å². The minimum absolute atomic E-state index is 0.00636. The second kappa shape index (κ2) is 9.33. The zero-order chi connectivity index (χ0) is 22.8. The number of carbonyl (C=O) groups is 2. The van der Waals surface area contributed by atoms with Crippen LogP contribution in [0.2, 0.25) is 0 Å². The fraction of sp³-hybridized carbons (Fsp3) is 0.550. The van der Waals surface area contributed by atoms with E-state index in [0.717, 1.165) is 12.8 Å². The summed E-state index contributed by atoms with van der Waals surface area (Å²) in [6.45, 7) is 1.37. The number of likely N-dealkylation sites (tertiary alicyclic amines) is 2. The lowest BCUT2D eigenvalue weighted by Gasteiger charge is -2.30. The lowest BCUT2D eigenvalue weighted by molar-refractivity contribution is -0.384. The number of carbonyl (C=O) groups excluding carboxylic acids is 2. The van der Waals surface area contributed by atoms with Crippen LogP contribution in [0.5, 0.6) is 0 Å². The monoisotopic (exact) mass is 449 g/mol. The molecule has 3 N–H and O–H groups in total. The van der Waals surface area contributed by atoms with Crippen LogP contribution in [0.25, 0.3) is 0 Å². The maximum atomic E-state index is 12.9. The van der Waals surface area contributed by atoms with Gasteiger partial charge < -0.3 is 20.8 Å². The number of rotatable bonds is 7. The Balaban J connectivity index is 1.60. The molecule has 168 valence electrons. The van der Waals surface area contributed by atoms with E-state index in [1.165, 1.54) is 24.3 Å². The molecular formula is C20H27N5O5S. The van der Waals surface area contributed by atoms with Crippen LogP contribution in [0.3, 0.4) is 0 Å². The van der Waals surface area contributed by atoms with Gasteiger partial charge in [0.25, 0.3) is 5.69 Å². The average molecular weight is 450 g/mol. The van der Waals surface area contributed by atoms with Crippen LogP contribution >= 0.6 is 12.6 Å². The Labute approximate surface area is 185 Å². The molecule has 2 heterocycles. The van der Waals surface area contributed by atoms with Gasteiger partial charge in [-0.3, -0.25) is 19.8 Å². The fourth-order valence-corrected chi connectivity index (χ4v) is 4.61. The third-order valence-electron chi connectivity index (χ3n) is 6.10. The predicted molar refractivity (Wildman–Crippen MR) is 117 cm³/mol. The highest BCUT2D eigenvalue weighted by Crippen LogP contribution is 2.29. The number of hydrogen-bond acceptors (Lipinski definition) is 9. The molecule has 31 heavy (non-hydrogen) atoms. The third-order valence-corrected chi connectivity index (χ3v) is 6.47. The molecule has 0 aromatic heterocycles. The SMILES string of the molecule is CN1C[C@@H](S)C[C@H]1C(=O)N1CC[C@@H](C(N)(C=N)C(=O)OCc2ccc([N+](=O)[O-])cc2)C1. The van der Waals surface area contributed by atoms with Gasteiger partial charge in [-0.15, -0.1) is 0 Å². The lowest BCUT2D eigenvalue weighted by Crippen LogP contribution is -2.57. The van der Waals surface area contributed by atoms with Gasteiger partial charge >= 0.3 is 5.97 Å². The Morgan fingerprint density at radius 1 is 1.39 bits per heavy atom. The number of nitro groups is 1. The third kappa shape index (κ3) is 4.89. The summed E-state index contributed by atoms with van der Waals surface area (Å²) in [5.74, 6) is -1.20. The number of amides is 1. The number of benzene rings is 1. The van der Waals surface area contributed by atoms with E-state index in [1.54, 1.807) is 4.90 Å². The molecule has 0 saturated carbocycles. The molecule has 1 amide bonds. The zero-order valence-electron chi connectivity index (χ0n) is 17.3. The highest BCUT2D eigenvalue weighted by atomic mass is 32.1. The van der Waals surface area contributed by atoms with Crippen molar-refractivity contribution in [3.8, 4) is 0 Å². The first-order chi connectivity index (χ1) is 14.7. The summed E-state index contributed by atoms with van der Waals surface area (Å²) in [6, 6.07) is 5.41. The molecule has 1 unspecified atom stereocenters. The van der Waals surface area contributed by atoms with Crippen molar-refractivity contribution in [1.82, 2.24) is 9.80 Å². The van der Waals surface area contributed by atoms with Gasteiger partial charge in [-0.1, -0.05) is 0 Å². The molecule has 0 aliphatic carbocycles. The van der Waals surface area contributed by atoms with Gasteiger partial charge in [-0.05, 0) is 37.6 Å². The van der Waals surface area contributed by atoms with Gasteiger partial charge in [-0.25, -0.2) is 4.79 Å². The van der Waals surface area contributed by atoms with Crippen molar-refractivity contribution in [2.75, 3.05) is 26.7 Å². The Bertz CT molecular complexity index is 866. The first-order valence-corrected chi connectivity index (χ1v) is 10.6. The molecule has 1 aromatic rings. The summed E-state index contributed by atoms with van der Waals surface area (Å²) in [5.41, 5.74) is 5.13. The van der Waals surface area contributed by atoms with Crippen molar-refractivity contribution in [2.24, 2.45) is 11.7 Å². The Morgan fingerprint density at radius 3 is 2.61 bits per heavy atom. The number of esters is 1.